The predicted molar refractivity (Wildman–Crippen MR) is 58.5 cm³/mol. The largest absolute Gasteiger partial charge is 0.368 e. The maximum Gasteiger partial charge on any atom is 0.222 e. The molecule has 0 amide bonds. The minimum Gasteiger partial charge on any atom is -0.368 e. The van der Waals surface area contributed by atoms with Crippen LogP contribution in [0.15, 0.2) is 0 Å². The maximum atomic E-state index is 5.70. The zero-order valence-corrected chi connectivity index (χ0v) is 8.58. The van der Waals surface area contributed by atoms with Gasteiger partial charge < -0.3 is 16.4 Å². The summed E-state index contributed by atoms with van der Waals surface area (Å²) in [4.78, 5) is 8.57. The Hall–Kier alpha value is -1.36. The number of nitrogens with one attached hydrogen (secondary N) is 2. The number of nitrogens with two attached hydrogens (primary N) is 1. The SMILES string of the molecule is Nc1nc2c(c(NC3CC3)n1)CNCC2. The van der Waals surface area contributed by atoms with Crippen molar-refractivity contribution in [2.24, 2.45) is 0 Å². The molecule has 15 heavy (non-hydrogen) atoms. The normalized spacial score (nSPS) is 19.7. The molecule has 1 fully saturated rings. The van der Waals surface area contributed by atoms with Crippen molar-refractivity contribution in [1.29, 1.82) is 0 Å². The number of nitrogens with zero attached hydrogens (tertiary/aromatic N) is 2. The molecule has 1 aliphatic heterocycles. The molecule has 0 radical (unpaired) electrons. The molecule has 1 aliphatic carbocycles. The Balaban J connectivity index is 1.98. The van der Waals surface area contributed by atoms with E-state index in [0.717, 1.165) is 31.0 Å². The lowest BCUT2D eigenvalue weighted by Crippen LogP contribution is -2.27. The van der Waals surface area contributed by atoms with E-state index in [9.17, 15) is 0 Å². The smallest absolute Gasteiger partial charge is 0.222 e. The molecular weight excluding hydrogens is 190 g/mol. The molecule has 0 unspecified atom stereocenters. The molecule has 80 valence electrons. The highest BCUT2D eigenvalue weighted by Crippen LogP contribution is 2.28. The van der Waals surface area contributed by atoms with Crippen molar-refractivity contribution in [1.82, 2.24) is 15.3 Å². The Morgan fingerprint density at radius 1 is 1.33 bits per heavy atom. The summed E-state index contributed by atoms with van der Waals surface area (Å²) in [6, 6.07) is 0.602. The molecule has 0 saturated heterocycles. The summed E-state index contributed by atoms with van der Waals surface area (Å²) in [7, 11) is 0. The summed E-state index contributed by atoms with van der Waals surface area (Å²) in [6.45, 7) is 1.83. The van der Waals surface area contributed by atoms with Gasteiger partial charge in [0.1, 0.15) is 5.82 Å². The van der Waals surface area contributed by atoms with Crippen LogP contribution in [0.2, 0.25) is 0 Å². The van der Waals surface area contributed by atoms with Crippen LogP contribution in [-0.2, 0) is 13.0 Å². The standard InChI is InChI=1S/C10H15N5/c11-10-14-8-3-4-12-5-7(8)9(15-10)13-6-1-2-6/h6,12H,1-5H2,(H3,11,13,14,15). The van der Waals surface area contributed by atoms with Crippen LogP contribution < -0.4 is 16.4 Å². The van der Waals surface area contributed by atoms with Crippen LogP contribution in [-0.4, -0.2) is 22.6 Å². The summed E-state index contributed by atoms with van der Waals surface area (Å²) in [5.74, 6) is 1.33. The first-order valence-corrected chi connectivity index (χ1v) is 5.45. The fourth-order valence-corrected chi connectivity index (χ4v) is 1.90. The van der Waals surface area contributed by atoms with E-state index in [1.54, 1.807) is 0 Å². The second-order valence-corrected chi connectivity index (χ2v) is 4.20. The molecular formula is C10H15N5. The summed E-state index contributed by atoms with van der Waals surface area (Å²) in [5, 5.41) is 6.75. The zero-order valence-electron chi connectivity index (χ0n) is 8.58. The van der Waals surface area contributed by atoms with E-state index in [-0.39, 0.29) is 0 Å². The quantitative estimate of drug-likeness (QED) is 0.646. The van der Waals surface area contributed by atoms with Crippen LogP contribution in [0, 0.1) is 0 Å². The number of rotatable bonds is 2. The minimum absolute atomic E-state index is 0.388. The van der Waals surface area contributed by atoms with Gasteiger partial charge in [-0.25, -0.2) is 4.98 Å². The van der Waals surface area contributed by atoms with Crippen LogP contribution in [0.25, 0.3) is 0 Å². The van der Waals surface area contributed by atoms with Crippen molar-refractivity contribution in [2.45, 2.75) is 31.8 Å². The molecule has 0 atom stereocenters. The van der Waals surface area contributed by atoms with Gasteiger partial charge in [0.25, 0.3) is 0 Å². The molecule has 2 heterocycles. The van der Waals surface area contributed by atoms with Crippen LogP contribution in [0.3, 0.4) is 0 Å². The van der Waals surface area contributed by atoms with Gasteiger partial charge in [-0.15, -0.1) is 0 Å². The third-order valence-electron chi connectivity index (χ3n) is 2.87. The molecule has 1 saturated carbocycles. The van der Waals surface area contributed by atoms with E-state index >= 15 is 0 Å². The monoisotopic (exact) mass is 205 g/mol. The molecule has 0 aromatic carbocycles. The van der Waals surface area contributed by atoms with Gasteiger partial charge in [-0.1, -0.05) is 0 Å². The summed E-state index contributed by atoms with van der Waals surface area (Å²) in [6.07, 6.45) is 3.43. The second-order valence-electron chi connectivity index (χ2n) is 4.20. The van der Waals surface area contributed by atoms with Crippen LogP contribution in [0.1, 0.15) is 24.1 Å². The third kappa shape index (κ3) is 1.74. The minimum atomic E-state index is 0.388. The van der Waals surface area contributed by atoms with Crippen molar-refractivity contribution < 1.29 is 0 Å². The van der Waals surface area contributed by atoms with Crippen LogP contribution >= 0.6 is 0 Å². The van der Waals surface area contributed by atoms with E-state index < -0.39 is 0 Å². The van der Waals surface area contributed by atoms with Gasteiger partial charge >= 0.3 is 0 Å². The van der Waals surface area contributed by atoms with Gasteiger partial charge in [0, 0.05) is 31.1 Å². The zero-order chi connectivity index (χ0) is 10.3. The first-order chi connectivity index (χ1) is 7.33. The summed E-state index contributed by atoms with van der Waals surface area (Å²) < 4.78 is 0. The lowest BCUT2D eigenvalue weighted by Gasteiger charge is -2.19. The van der Waals surface area contributed by atoms with Gasteiger partial charge in [0.05, 0.1) is 5.69 Å². The lowest BCUT2D eigenvalue weighted by molar-refractivity contribution is 0.628. The second kappa shape index (κ2) is 3.34. The number of nitrogen functional groups attached to an aromatic ring is 1. The molecule has 5 heteroatoms. The van der Waals surface area contributed by atoms with E-state index in [1.807, 2.05) is 0 Å². The highest BCUT2D eigenvalue weighted by molar-refractivity contribution is 5.51. The summed E-state index contributed by atoms with van der Waals surface area (Å²) in [5.41, 5.74) is 7.99. The van der Waals surface area contributed by atoms with Gasteiger partial charge in [0.15, 0.2) is 0 Å². The van der Waals surface area contributed by atoms with E-state index in [1.165, 1.54) is 18.4 Å². The number of hydrogen-bond acceptors (Lipinski definition) is 5. The number of anilines is 2. The van der Waals surface area contributed by atoms with E-state index in [2.05, 4.69) is 20.6 Å². The Morgan fingerprint density at radius 2 is 2.20 bits per heavy atom. The first-order valence-electron chi connectivity index (χ1n) is 5.45. The molecule has 4 N–H and O–H groups in total. The van der Waals surface area contributed by atoms with Crippen LogP contribution in [0.4, 0.5) is 11.8 Å². The maximum absolute atomic E-state index is 5.70. The summed E-state index contributed by atoms with van der Waals surface area (Å²) >= 11 is 0. The van der Waals surface area contributed by atoms with Gasteiger partial charge in [0.2, 0.25) is 5.95 Å². The average Bonchev–Trinajstić information content (AvgIpc) is 3.01. The number of fused-ring (bicyclic) bond motifs is 1. The molecule has 3 rings (SSSR count). The van der Waals surface area contributed by atoms with Crippen molar-refractivity contribution >= 4 is 11.8 Å². The molecule has 0 bridgehead atoms. The van der Waals surface area contributed by atoms with E-state index in [0.29, 0.717) is 12.0 Å². The highest BCUT2D eigenvalue weighted by Gasteiger charge is 2.24. The van der Waals surface area contributed by atoms with Gasteiger partial charge in [-0.3, -0.25) is 0 Å². The van der Waals surface area contributed by atoms with Crippen molar-refractivity contribution in [3.8, 4) is 0 Å². The fourth-order valence-electron chi connectivity index (χ4n) is 1.90. The average molecular weight is 205 g/mol. The Bertz CT molecular complexity index is 386. The first kappa shape index (κ1) is 8.91. The van der Waals surface area contributed by atoms with E-state index in [4.69, 9.17) is 5.73 Å². The van der Waals surface area contributed by atoms with Gasteiger partial charge in [-0.2, -0.15) is 4.98 Å². The molecule has 2 aliphatic rings. The molecule has 5 nitrogen and oxygen atoms in total. The predicted octanol–water partition coefficient (Wildman–Crippen LogP) is 0.279. The highest BCUT2D eigenvalue weighted by atomic mass is 15.1. The fraction of sp³-hybridized carbons (Fsp3) is 0.600. The molecule has 1 aromatic rings. The van der Waals surface area contributed by atoms with Crippen molar-refractivity contribution in [3.63, 3.8) is 0 Å². The van der Waals surface area contributed by atoms with Gasteiger partial charge in [-0.05, 0) is 12.8 Å². The Labute approximate surface area is 88.5 Å². The number of hydrogen-bond donors (Lipinski definition) is 3. The van der Waals surface area contributed by atoms with Crippen LogP contribution in [0.5, 0.6) is 0 Å². The Kier molecular flexibility index (Phi) is 1.98. The lowest BCUT2D eigenvalue weighted by atomic mass is 10.1. The molecule has 1 aromatic heterocycles. The van der Waals surface area contributed by atoms with Crippen molar-refractivity contribution in [2.75, 3.05) is 17.6 Å². The molecule has 0 spiro atoms. The topological polar surface area (TPSA) is 75.9 Å². The number of aromatic nitrogens is 2. The van der Waals surface area contributed by atoms with Crippen molar-refractivity contribution in [3.05, 3.63) is 11.3 Å². The Morgan fingerprint density at radius 3 is 3.00 bits per heavy atom. The third-order valence-corrected chi connectivity index (χ3v) is 2.87.